The first-order valence-electron chi connectivity index (χ1n) is 5.87. The van der Waals surface area contributed by atoms with E-state index >= 15 is 0 Å². The van der Waals surface area contributed by atoms with Crippen molar-refractivity contribution in [2.45, 2.75) is 19.1 Å². The van der Waals surface area contributed by atoms with Gasteiger partial charge in [0.15, 0.2) is 0 Å². The van der Waals surface area contributed by atoms with Gasteiger partial charge in [-0.15, -0.1) is 0 Å². The van der Waals surface area contributed by atoms with Gasteiger partial charge in [-0.2, -0.15) is 0 Å². The lowest BCUT2D eigenvalue weighted by Gasteiger charge is -2.25. The van der Waals surface area contributed by atoms with E-state index in [0.717, 1.165) is 26.3 Å². The Kier molecular flexibility index (Phi) is 2.58. The fraction of sp³-hybridized carbons (Fsp3) is 0.538. The maximum atomic E-state index is 5.32. The number of aryl methyl sites for hydroxylation is 1. The molecule has 0 unspecified atom stereocenters. The van der Waals surface area contributed by atoms with E-state index in [1.165, 1.54) is 11.3 Å². The van der Waals surface area contributed by atoms with E-state index in [4.69, 9.17) is 9.47 Å². The number of epoxide rings is 2. The lowest BCUT2D eigenvalue weighted by molar-refractivity contribution is 0.389. The van der Waals surface area contributed by atoms with Crippen LogP contribution in [0.5, 0.6) is 0 Å². The summed E-state index contributed by atoms with van der Waals surface area (Å²) in [4.78, 5) is 2.39. The lowest BCUT2D eigenvalue weighted by Crippen LogP contribution is -2.32. The minimum Gasteiger partial charge on any atom is -0.371 e. The fourth-order valence-electron chi connectivity index (χ4n) is 2.03. The van der Waals surface area contributed by atoms with E-state index < -0.39 is 0 Å². The Labute approximate surface area is 96.0 Å². The largest absolute Gasteiger partial charge is 0.371 e. The van der Waals surface area contributed by atoms with E-state index in [2.05, 4.69) is 36.1 Å². The SMILES string of the molecule is Cc1ccccc1N(C[C@H]1CO1)C[C@H]1CO1. The van der Waals surface area contributed by atoms with Crippen molar-refractivity contribution in [3.05, 3.63) is 29.8 Å². The Morgan fingerprint density at radius 1 is 1.12 bits per heavy atom. The van der Waals surface area contributed by atoms with Gasteiger partial charge in [0, 0.05) is 18.8 Å². The molecule has 3 rings (SSSR count). The number of para-hydroxylation sites is 1. The van der Waals surface area contributed by atoms with Crippen molar-refractivity contribution in [1.82, 2.24) is 0 Å². The molecule has 2 saturated heterocycles. The molecule has 0 spiro atoms. The second-order valence-electron chi connectivity index (χ2n) is 4.60. The predicted octanol–water partition coefficient (Wildman–Crippen LogP) is 1.60. The van der Waals surface area contributed by atoms with Crippen LogP contribution in [0.2, 0.25) is 0 Å². The standard InChI is InChI=1S/C13H17NO2/c1-10-4-2-3-5-13(10)14(6-11-8-15-11)7-12-9-16-12/h2-5,11-12H,6-9H2,1H3/t11-,12-/m0/s1. The van der Waals surface area contributed by atoms with Crippen molar-refractivity contribution in [3.8, 4) is 0 Å². The molecule has 16 heavy (non-hydrogen) atoms. The molecular formula is C13H17NO2. The molecule has 3 heteroatoms. The van der Waals surface area contributed by atoms with E-state index in [1.54, 1.807) is 0 Å². The zero-order valence-corrected chi connectivity index (χ0v) is 9.56. The number of ether oxygens (including phenoxy) is 2. The van der Waals surface area contributed by atoms with Crippen LogP contribution in [0.15, 0.2) is 24.3 Å². The van der Waals surface area contributed by atoms with Gasteiger partial charge < -0.3 is 14.4 Å². The van der Waals surface area contributed by atoms with Gasteiger partial charge in [-0.05, 0) is 18.6 Å². The third kappa shape index (κ3) is 2.36. The average molecular weight is 219 g/mol. The van der Waals surface area contributed by atoms with Gasteiger partial charge in [0.25, 0.3) is 0 Å². The fourth-order valence-corrected chi connectivity index (χ4v) is 2.03. The molecular weight excluding hydrogens is 202 g/mol. The predicted molar refractivity (Wildman–Crippen MR) is 62.9 cm³/mol. The van der Waals surface area contributed by atoms with Gasteiger partial charge in [-0.25, -0.2) is 0 Å². The normalized spacial score (nSPS) is 26.6. The molecule has 0 aromatic heterocycles. The smallest absolute Gasteiger partial charge is 0.0984 e. The van der Waals surface area contributed by atoms with Crippen LogP contribution in [-0.4, -0.2) is 38.5 Å². The molecule has 0 radical (unpaired) electrons. The molecule has 0 N–H and O–H groups in total. The zero-order chi connectivity index (χ0) is 11.0. The maximum Gasteiger partial charge on any atom is 0.0984 e. The highest BCUT2D eigenvalue weighted by molar-refractivity contribution is 5.53. The molecule has 0 bridgehead atoms. The van der Waals surface area contributed by atoms with E-state index in [9.17, 15) is 0 Å². The number of hydrogen-bond acceptors (Lipinski definition) is 3. The highest BCUT2D eigenvalue weighted by atomic mass is 16.6. The molecule has 2 heterocycles. The highest BCUT2D eigenvalue weighted by Gasteiger charge is 2.31. The molecule has 2 aliphatic heterocycles. The first-order chi connectivity index (χ1) is 7.83. The van der Waals surface area contributed by atoms with E-state index in [0.29, 0.717) is 12.2 Å². The van der Waals surface area contributed by atoms with Gasteiger partial charge in [0.05, 0.1) is 25.4 Å². The first-order valence-corrected chi connectivity index (χ1v) is 5.87. The topological polar surface area (TPSA) is 28.3 Å². The number of hydrogen-bond donors (Lipinski definition) is 0. The van der Waals surface area contributed by atoms with Gasteiger partial charge in [-0.1, -0.05) is 18.2 Å². The van der Waals surface area contributed by atoms with Crippen molar-refractivity contribution in [2.75, 3.05) is 31.2 Å². The van der Waals surface area contributed by atoms with Crippen LogP contribution in [0.3, 0.4) is 0 Å². The van der Waals surface area contributed by atoms with Crippen LogP contribution in [0.25, 0.3) is 0 Å². The summed E-state index contributed by atoms with van der Waals surface area (Å²) in [5, 5.41) is 0. The highest BCUT2D eigenvalue weighted by Crippen LogP contribution is 2.24. The Hall–Kier alpha value is -1.06. The summed E-state index contributed by atoms with van der Waals surface area (Å²) in [6.45, 7) is 5.96. The van der Waals surface area contributed by atoms with Gasteiger partial charge in [0.1, 0.15) is 0 Å². The van der Waals surface area contributed by atoms with Crippen molar-refractivity contribution >= 4 is 5.69 Å². The molecule has 86 valence electrons. The van der Waals surface area contributed by atoms with Gasteiger partial charge in [0.2, 0.25) is 0 Å². The summed E-state index contributed by atoms with van der Waals surface area (Å²) in [5.41, 5.74) is 2.64. The van der Waals surface area contributed by atoms with Crippen LogP contribution < -0.4 is 4.90 Å². The molecule has 0 aliphatic carbocycles. The van der Waals surface area contributed by atoms with Gasteiger partial charge in [-0.3, -0.25) is 0 Å². The quantitative estimate of drug-likeness (QED) is 0.704. The summed E-state index contributed by atoms with van der Waals surface area (Å²) in [6.07, 6.45) is 0.858. The van der Waals surface area contributed by atoms with Crippen LogP contribution in [0.1, 0.15) is 5.56 Å². The van der Waals surface area contributed by atoms with Crippen molar-refractivity contribution < 1.29 is 9.47 Å². The second-order valence-corrected chi connectivity index (χ2v) is 4.60. The minimum absolute atomic E-state index is 0.429. The number of nitrogens with zero attached hydrogens (tertiary/aromatic N) is 1. The second kappa shape index (κ2) is 4.07. The molecule has 3 nitrogen and oxygen atoms in total. The monoisotopic (exact) mass is 219 g/mol. The molecule has 1 aromatic carbocycles. The number of benzene rings is 1. The van der Waals surface area contributed by atoms with Crippen molar-refractivity contribution in [1.29, 1.82) is 0 Å². The molecule has 2 fully saturated rings. The van der Waals surface area contributed by atoms with E-state index in [-0.39, 0.29) is 0 Å². The number of anilines is 1. The maximum absolute atomic E-state index is 5.32. The summed E-state index contributed by atoms with van der Waals surface area (Å²) < 4.78 is 10.6. The summed E-state index contributed by atoms with van der Waals surface area (Å²) in [7, 11) is 0. The number of rotatable bonds is 5. The summed E-state index contributed by atoms with van der Waals surface area (Å²) in [6, 6.07) is 8.51. The molecule has 0 amide bonds. The lowest BCUT2D eigenvalue weighted by atomic mass is 10.1. The Morgan fingerprint density at radius 3 is 2.19 bits per heavy atom. The molecule has 0 saturated carbocycles. The minimum atomic E-state index is 0.429. The summed E-state index contributed by atoms with van der Waals surface area (Å²) in [5.74, 6) is 0. The van der Waals surface area contributed by atoms with Crippen LogP contribution in [-0.2, 0) is 9.47 Å². The molecule has 2 atom stereocenters. The average Bonchev–Trinajstić information content (AvgIpc) is 3.12. The Balaban J connectivity index is 1.76. The third-order valence-electron chi connectivity index (χ3n) is 3.11. The van der Waals surface area contributed by atoms with E-state index in [1.807, 2.05) is 0 Å². The van der Waals surface area contributed by atoms with Crippen molar-refractivity contribution in [3.63, 3.8) is 0 Å². The van der Waals surface area contributed by atoms with Crippen molar-refractivity contribution in [2.24, 2.45) is 0 Å². The molecule has 2 aliphatic rings. The Bertz CT molecular complexity index is 358. The Morgan fingerprint density at radius 2 is 1.69 bits per heavy atom. The summed E-state index contributed by atoms with van der Waals surface area (Å²) >= 11 is 0. The van der Waals surface area contributed by atoms with Crippen LogP contribution in [0, 0.1) is 6.92 Å². The first kappa shape index (κ1) is 10.1. The van der Waals surface area contributed by atoms with Crippen LogP contribution in [0.4, 0.5) is 5.69 Å². The van der Waals surface area contributed by atoms with Crippen LogP contribution >= 0.6 is 0 Å². The zero-order valence-electron chi connectivity index (χ0n) is 9.56. The van der Waals surface area contributed by atoms with Gasteiger partial charge >= 0.3 is 0 Å². The molecule has 1 aromatic rings. The third-order valence-corrected chi connectivity index (χ3v) is 3.11.